The van der Waals surface area contributed by atoms with Gasteiger partial charge in [-0.05, 0) is 92.9 Å². The van der Waals surface area contributed by atoms with Gasteiger partial charge in [-0.25, -0.2) is 0 Å². The molecule has 2 unspecified atom stereocenters. The fourth-order valence-corrected chi connectivity index (χ4v) is 7.13. The van der Waals surface area contributed by atoms with Crippen molar-refractivity contribution in [1.82, 2.24) is 0 Å². The van der Waals surface area contributed by atoms with Gasteiger partial charge in [0.05, 0.1) is 20.8 Å². The minimum Gasteiger partial charge on any atom is -0.493 e. The minimum absolute atomic E-state index is 0.576. The molecule has 1 aromatic carbocycles. The third-order valence-electron chi connectivity index (χ3n) is 6.79. The van der Waals surface area contributed by atoms with Crippen molar-refractivity contribution >= 4 is 54.5 Å². The van der Waals surface area contributed by atoms with Gasteiger partial charge in [-0.1, -0.05) is 66.2 Å². The molecule has 2 nitrogen and oxygen atoms in total. The van der Waals surface area contributed by atoms with Crippen molar-refractivity contribution < 1.29 is 9.47 Å². The first-order valence-electron chi connectivity index (χ1n) is 13.4. The van der Waals surface area contributed by atoms with E-state index in [0.29, 0.717) is 11.8 Å². The van der Waals surface area contributed by atoms with E-state index in [0.717, 1.165) is 56.3 Å². The van der Waals surface area contributed by atoms with Crippen molar-refractivity contribution in [2.24, 2.45) is 11.8 Å². The first-order valence-corrected chi connectivity index (χ1v) is 16.7. The summed E-state index contributed by atoms with van der Waals surface area (Å²) in [7, 11) is 0. The molecule has 3 rings (SSSR count). The number of ether oxygens (including phenoxy) is 2. The molecule has 2 aromatic heterocycles. The van der Waals surface area contributed by atoms with Crippen molar-refractivity contribution in [3.63, 3.8) is 0 Å². The molecule has 36 heavy (non-hydrogen) atoms. The van der Waals surface area contributed by atoms with E-state index in [-0.39, 0.29) is 0 Å². The largest absolute Gasteiger partial charge is 0.493 e. The topological polar surface area (TPSA) is 18.5 Å². The van der Waals surface area contributed by atoms with E-state index in [2.05, 4.69) is 96.0 Å². The Kier molecular flexibility index (Phi) is 12.8. The molecule has 6 heteroatoms. The molecule has 0 aliphatic rings. The fraction of sp³-hybridized carbons (Fsp3) is 0.533. The van der Waals surface area contributed by atoms with Gasteiger partial charge in [-0.2, -0.15) is 0 Å². The summed E-state index contributed by atoms with van der Waals surface area (Å²) in [4.78, 5) is 2.39. The molecule has 0 saturated heterocycles. The van der Waals surface area contributed by atoms with Gasteiger partial charge in [0.1, 0.15) is 11.5 Å². The molecule has 0 aliphatic carbocycles. The molecule has 0 spiro atoms. The van der Waals surface area contributed by atoms with E-state index in [9.17, 15) is 0 Å². The van der Waals surface area contributed by atoms with Crippen LogP contribution < -0.4 is 9.47 Å². The number of halogens is 2. The van der Waals surface area contributed by atoms with E-state index in [1.807, 2.05) is 0 Å². The quantitative estimate of drug-likeness (QED) is 0.153. The zero-order valence-electron chi connectivity index (χ0n) is 22.1. The van der Waals surface area contributed by atoms with Crippen LogP contribution in [0.3, 0.4) is 0 Å². The lowest BCUT2D eigenvalue weighted by Crippen LogP contribution is -2.13. The Morgan fingerprint density at radius 3 is 1.39 bits per heavy atom. The summed E-state index contributed by atoms with van der Waals surface area (Å²) in [6.45, 7) is 10.6. The summed E-state index contributed by atoms with van der Waals surface area (Å²) in [6, 6.07) is 13.0. The van der Waals surface area contributed by atoms with Crippen molar-refractivity contribution in [1.29, 1.82) is 0 Å². The van der Waals surface area contributed by atoms with E-state index in [4.69, 9.17) is 9.47 Å². The number of rotatable bonds is 16. The zero-order valence-corrected chi connectivity index (χ0v) is 26.9. The van der Waals surface area contributed by atoms with Crippen LogP contribution in [0.4, 0.5) is 0 Å². The summed E-state index contributed by atoms with van der Waals surface area (Å²) in [6.07, 6.45) is 9.68. The summed E-state index contributed by atoms with van der Waals surface area (Å²) in [5, 5.41) is 0. The molecular weight excluding hydrogens is 616 g/mol. The Labute approximate surface area is 243 Å². The van der Waals surface area contributed by atoms with Crippen LogP contribution in [0.2, 0.25) is 0 Å². The van der Waals surface area contributed by atoms with Gasteiger partial charge in [0.25, 0.3) is 0 Å². The van der Waals surface area contributed by atoms with E-state index >= 15 is 0 Å². The SMILES string of the molecule is CCCCC(CC)COc1cc(-c2ccc(Br)s2)c(OCC(CC)CCCC)cc1-c1ccc(Br)s1. The highest BCUT2D eigenvalue weighted by Crippen LogP contribution is 2.46. The van der Waals surface area contributed by atoms with Crippen LogP contribution in [0.1, 0.15) is 79.1 Å². The Hall–Kier alpha value is -0.820. The second-order valence-corrected chi connectivity index (χ2v) is 14.4. The van der Waals surface area contributed by atoms with Crippen LogP contribution in [-0.2, 0) is 0 Å². The summed E-state index contributed by atoms with van der Waals surface area (Å²) in [5.74, 6) is 3.05. The number of unbranched alkanes of at least 4 members (excludes halogenated alkanes) is 2. The average Bonchev–Trinajstić information content (AvgIpc) is 3.52. The lowest BCUT2D eigenvalue weighted by Gasteiger charge is -2.21. The molecule has 198 valence electrons. The summed E-state index contributed by atoms with van der Waals surface area (Å²) in [5.41, 5.74) is 2.24. The van der Waals surface area contributed by atoms with Crippen LogP contribution in [0.5, 0.6) is 11.5 Å². The molecule has 2 heterocycles. The summed E-state index contributed by atoms with van der Waals surface area (Å²) >= 11 is 10.8. The maximum Gasteiger partial charge on any atom is 0.128 e. The highest BCUT2D eigenvalue weighted by molar-refractivity contribution is 9.11. The lowest BCUT2D eigenvalue weighted by atomic mass is 10.00. The van der Waals surface area contributed by atoms with E-state index in [1.54, 1.807) is 22.7 Å². The van der Waals surface area contributed by atoms with Gasteiger partial charge in [0, 0.05) is 20.9 Å². The fourth-order valence-electron chi connectivity index (χ4n) is 4.31. The van der Waals surface area contributed by atoms with Crippen LogP contribution in [0, 0.1) is 11.8 Å². The predicted molar refractivity (Wildman–Crippen MR) is 166 cm³/mol. The van der Waals surface area contributed by atoms with E-state index in [1.165, 1.54) is 48.3 Å². The molecule has 3 aromatic rings. The van der Waals surface area contributed by atoms with Crippen molar-refractivity contribution in [3.8, 4) is 32.4 Å². The van der Waals surface area contributed by atoms with Crippen LogP contribution >= 0.6 is 54.5 Å². The Bertz CT molecular complexity index is 975. The van der Waals surface area contributed by atoms with Gasteiger partial charge < -0.3 is 9.47 Å². The highest BCUT2D eigenvalue weighted by Gasteiger charge is 2.20. The van der Waals surface area contributed by atoms with Gasteiger partial charge in [-0.3, -0.25) is 0 Å². The van der Waals surface area contributed by atoms with Gasteiger partial charge in [0.15, 0.2) is 0 Å². The molecule has 0 bridgehead atoms. The number of benzene rings is 1. The van der Waals surface area contributed by atoms with Crippen LogP contribution in [-0.4, -0.2) is 13.2 Å². The van der Waals surface area contributed by atoms with Crippen molar-refractivity contribution in [2.75, 3.05) is 13.2 Å². The number of thiophene rings is 2. The maximum atomic E-state index is 6.60. The van der Waals surface area contributed by atoms with E-state index < -0.39 is 0 Å². The Balaban J connectivity index is 1.99. The average molecular weight is 657 g/mol. The molecule has 0 saturated carbocycles. The van der Waals surface area contributed by atoms with Gasteiger partial charge in [0.2, 0.25) is 0 Å². The van der Waals surface area contributed by atoms with Gasteiger partial charge in [-0.15, -0.1) is 22.7 Å². The molecule has 0 radical (unpaired) electrons. The first-order chi connectivity index (χ1) is 17.5. The molecule has 0 fully saturated rings. The van der Waals surface area contributed by atoms with Crippen LogP contribution in [0.25, 0.3) is 20.9 Å². The summed E-state index contributed by atoms with van der Waals surface area (Å²) < 4.78 is 15.5. The maximum absolute atomic E-state index is 6.60. The molecule has 0 amide bonds. The van der Waals surface area contributed by atoms with Crippen LogP contribution in [0.15, 0.2) is 44.0 Å². The predicted octanol–water partition coefficient (Wildman–Crippen LogP) is 11.9. The zero-order chi connectivity index (χ0) is 25.9. The number of hydrogen-bond donors (Lipinski definition) is 0. The molecule has 0 aliphatic heterocycles. The normalized spacial score (nSPS) is 13.1. The monoisotopic (exact) mass is 654 g/mol. The third kappa shape index (κ3) is 8.61. The third-order valence-corrected chi connectivity index (χ3v) is 10.1. The minimum atomic E-state index is 0.576. The molecule has 2 atom stereocenters. The first kappa shape index (κ1) is 29.7. The highest BCUT2D eigenvalue weighted by atomic mass is 79.9. The number of hydrogen-bond acceptors (Lipinski definition) is 4. The lowest BCUT2D eigenvalue weighted by molar-refractivity contribution is 0.229. The molecule has 0 N–H and O–H groups in total. The van der Waals surface area contributed by atoms with Gasteiger partial charge >= 0.3 is 0 Å². The smallest absolute Gasteiger partial charge is 0.128 e. The Morgan fingerprint density at radius 1 is 0.667 bits per heavy atom. The second-order valence-electron chi connectivity index (χ2n) is 9.51. The van der Waals surface area contributed by atoms with Crippen molar-refractivity contribution in [2.45, 2.75) is 79.1 Å². The van der Waals surface area contributed by atoms with Crippen molar-refractivity contribution in [3.05, 3.63) is 44.0 Å². The Morgan fingerprint density at radius 2 is 1.08 bits per heavy atom. The second kappa shape index (κ2) is 15.6. The standard InChI is InChI=1S/C30H40Br2O2S2/c1-5-9-11-21(7-3)19-33-25-17-24(28-14-16-30(32)36-28)26(34-20-22(8-4)12-10-6-2)18-23(25)27-13-15-29(31)35-27/h13-18,21-22H,5-12,19-20H2,1-4H3. The molecular formula is C30H40Br2O2S2.